The highest BCUT2D eigenvalue weighted by atomic mass is 35.5. The van der Waals surface area contributed by atoms with E-state index in [0.29, 0.717) is 0 Å². The summed E-state index contributed by atoms with van der Waals surface area (Å²) in [5, 5.41) is 3.05. The molecular formula is C14H31Cl2N3O. The monoisotopic (exact) mass is 327 g/mol. The van der Waals surface area contributed by atoms with Crippen molar-refractivity contribution in [3.8, 4) is 0 Å². The summed E-state index contributed by atoms with van der Waals surface area (Å²) in [6.45, 7) is 10.0. The zero-order valence-electron chi connectivity index (χ0n) is 13.0. The van der Waals surface area contributed by atoms with Crippen molar-refractivity contribution >= 4 is 30.7 Å². The van der Waals surface area contributed by atoms with Crippen LogP contribution in [0, 0.1) is 5.92 Å². The maximum atomic E-state index is 12.2. The smallest absolute Gasteiger partial charge is 0.225 e. The molecule has 1 aliphatic rings. The average Bonchev–Trinajstić information content (AvgIpc) is 2.34. The van der Waals surface area contributed by atoms with Crippen LogP contribution in [0.15, 0.2) is 0 Å². The SMILES string of the molecule is CCN(CC)CCNC(=O)C1CCCCC1(C)N.Cl.Cl. The van der Waals surface area contributed by atoms with Gasteiger partial charge in [-0.1, -0.05) is 26.7 Å². The van der Waals surface area contributed by atoms with E-state index >= 15 is 0 Å². The van der Waals surface area contributed by atoms with Crippen LogP contribution in [0.3, 0.4) is 0 Å². The average molecular weight is 328 g/mol. The Morgan fingerprint density at radius 3 is 2.40 bits per heavy atom. The van der Waals surface area contributed by atoms with Gasteiger partial charge in [0.1, 0.15) is 0 Å². The highest BCUT2D eigenvalue weighted by Crippen LogP contribution is 2.31. The fourth-order valence-electron chi connectivity index (χ4n) is 2.79. The minimum Gasteiger partial charge on any atom is -0.355 e. The van der Waals surface area contributed by atoms with E-state index in [1.165, 1.54) is 0 Å². The van der Waals surface area contributed by atoms with Gasteiger partial charge in [0.25, 0.3) is 0 Å². The van der Waals surface area contributed by atoms with Crippen molar-refractivity contribution in [2.45, 2.75) is 52.0 Å². The summed E-state index contributed by atoms with van der Waals surface area (Å²) in [7, 11) is 0. The van der Waals surface area contributed by atoms with Gasteiger partial charge in [-0.05, 0) is 32.9 Å². The summed E-state index contributed by atoms with van der Waals surface area (Å²) < 4.78 is 0. The highest BCUT2D eigenvalue weighted by Gasteiger charge is 2.37. The number of nitrogens with zero attached hydrogens (tertiary/aromatic N) is 1. The molecule has 0 bridgehead atoms. The van der Waals surface area contributed by atoms with E-state index < -0.39 is 0 Å². The fourth-order valence-corrected chi connectivity index (χ4v) is 2.79. The first kappa shape index (κ1) is 22.3. The maximum Gasteiger partial charge on any atom is 0.225 e. The van der Waals surface area contributed by atoms with Crippen molar-refractivity contribution in [3.63, 3.8) is 0 Å². The van der Waals surface area contributed by atoms with Gasteiger partial charge < -0.3 is 16.0 Å². The van der Waals surface area contributed by atoms with Crippen molar-refractivity contribution < 1.29 is 4.79 Å². The number of carbonyl (C=O) groups is 1. The Morgan fingerprint density at radius 1 is 1.30 bits per heavy atom. The molecule has 1 amide bonds. The maximum absolute atomic E-state index is 12.2. The minimum absolute atomic E-state index is 0. The molecule has 4 nitrogen and oxygen atoms in total. The Balaban J connectivity index is 0. The Morgan fingerprint density at radius 2 is 1.90 bits per heavy atom. The number of hydrogen-bond acceptors (Lipinski definition) is 3. The van der Waals surface area contributed by atoms with Gasteiger partial charge in [-0.15, -0.1) is 24.8 Å². The summed E-state index contributed by atoms with van der Waals surface area (Å²) in [5.41, 5.74) is 5.91. The second kappa shape index (κ2) is 10.7. The zero-order valence-corrected chi connectivity index (χ0v) is 14.6. The minimum atomic E-state index is -0.322. The van der Waals surface area contributed by atoms with E-state index in [2.05, 4.69) is 24.1 Å². The molecule has 2 atom stereocenters. The van der Waals surface area contributed by atoms with Gasteiger partial charge in [0.15, 0.2) is 0 Å². The fraction of sp³-hybridized carbons (Fsp3) is 0.929. The van der Waals surface area contributed by atoms with Crippen LogP contribution >= 0.6 is 24.8 Å². The topological polar surface area (TPSA) is 58.4 Å². The van der Waals surface area contributed by atoms with Crippen LogP contribution in [-0.4, -0.2) is 42.5 Å². The van der Waals surface area contributed by atoms with E-state index in [-0.39, 0.29) is 42.2 Å². The number of carbonyl (C=O) groups excluding carboxylic acids is 1. The third kappa shape index (κ3) is 6.61. The molecule has 0 aromatic carbocycles. The molecule has 3 N–H and O–H groups in total. The van der Waals surface area contributed by atoms with E-state index in [1.807, 2.05) is 6.92 Å². The molecule has 0 aliphatic heterocycles. The molecule has 1 fully saturated rings. The van der Waals surface area contributed by atoms with Crippen LogP contribution in [0.5, 0.6) is 0 Å². The first-order valence-corrected chi connectivity index (χ1v) is 7.30. The summed E-state index contributed by atoms with van der Waals surface area (Å²) in [5.74, 6) is 0.134. The quantitative estimate of drug-likeness (QED) is 0.786. The summed E-state index contributed by atoms with van der Waals surface area (Å²) in [4.78, 5) is 14.5. The number of likely N-dealkylation sites (N-methyl/N-ethyl adjacent to an activating group) is 1. The molecule has 20 heavy (non-hydrogen) atoms. The molecule has 122 valence electrons. The molecule has 1 aliphatic carbocycles. The highest BCUT2D eigenvalue weighted by molar-refractivity contribution is 5.85. The van der Waals surface area contributed by atoms with Crippen LogP contribution in [-0.2, 0) is 4.79 Å². The Labute approximate surface area is 136 Å². The van der Waals surface area contributed by atoms with Crippen LogP contribution in [0.2, 0.25) is 0 Å². The molecule has 6 heteroatoms. The lowest BCUT2D eigenvalue weighted by atomic mass is 9.74. The van der Waals surface area contributed by atoms with Gasteiger partial charge in [-0.3, -0.25) is 4.79 Å². The van der Waals surface area contributed by atoms with Crippen molar-refractivity contribution in [1.29, 1.82) is 0 Å². The van der Waals surface area contributed by atoms with E-state index in [0.717, 1.165) is 51.9 Å². The predicted molar refractivity (Wildman–Crippen MR) is 89.8 cm³/mol. The second-order valence-electron chi connectivity index (χ2n) is 5.62. The van der Waals surface area contributed by atoms with Gasteiger partial charge in [0, 0.05) is 18.6 Å². The number of nitrogens with one attached hydrogen (secondary N) is 1. The van der Waals surface area contributed by atoms with Crippen LogP contribution in [0.4, 0.5) is 0 Å². The normalized spacial score (nSPS) is 25.6. The van der Waals surface area contributed by atoms with Gasteiger partial charge in [-0.2, -0.15) is 0 Å². The third-order valence-electron chi connectivity index (χ3n) is 4.19. The zero-order chi connectivity index (χ0) is 13.6. The van der Waals surface area contributed by atoms with Gasteiger partial charge in [0.2, 0.25) is 5.91 Å². The molecular weight excluding hydrogens is 297 g/mol. The molecule has 0 aromatic rings. The van der Waals surface area contributed by atoms with E-state index in [1.54, 1.807) is 0 Å². The number of nitrogens with two attached hydrogens (primary N) is 1. The lowest BCUT2D eigenvalue weighted by molar-refractivity contribution is -0.128. The largest absolute Gasteiger partial charge is 0.355 e. The molecule has 1 rings (SSSR count). The molecule has 0 radical (unpaired) electrons. The second-order valence-corrected chi connectivity index (χ2v) is 5.62. The molecule has 0 saturated heterocycles. The number of rotatable bonds is 6. The van der Waals surface area contributed by atoms with Crippen LogP contribution in [0.25, 0.3) is 0 Å². The lowest BCUT2D eigenvalue weighted by Gasteiger charge is -2.37. The number of hydrogen-bond donors (Lipinski definition) is 2. The first-order valence-electron chi connectivity index (χ1n) is 7.30. The van der Waals surface area contributed by atoms with Crippen LogP contribution < -0.4 is 11.1 Å². The lowest BCUT2D eigenvalue weighted by Crippen LogP contribution is -2.53. The Kier molecular flexibility index (Phi) is 11.9. The van der Waals surface area contributed by atoms with Crippen molar-refractivity contribution in [2.24, 2.45) is 11.7 Å². The summed E-state index contributed by atoms with van der Waals surface area (Å²) in [6, 6.07) is 0. The van der Waals surface area contributed by atoms with Crippen molar-refractivity contribution in [3.05, 3.63) is 0 Å². The molecule has 0 aromatic heterocycles. The molecule has 0 spiro atoms. The molecule has 1 saturated carbocycles. The molecule has 0 heterocycles. The Bertz CT molecular complexity index is 271. The van der Waals surface area contributed by atoms with Crippen molar-refractivity contribution in [1.82, 2.24) is 10.2 Å². The number of halogens is 2. The summed E-state index contributed by atoms with van der Waals surface area (Å²) in [6.07, 6.45) is 4.17. The number of amides is 1. The van der Waals surface area contributed by atoms with Gasteiger partial charge in [0.05, 0.1) is 5.92 Å². The standard InChI is InChI=1S/C14H29N3O.2ClH/c1-4-17(5-2)11-10-16-13(18)12-8-6-7-9-14(12,3)15;;/h12H,4-11,15H2,1-3H3,(H,16,18);2*1H. The van der Waals surface area contributed by atoms with E-state index in [9.17, 15) is 4.79 Å². The van der Waals surface area contributed by atoms with Crippen LogP contribution in [0.1, 0.15) is 46.5 Å². The van der Waals surface area contributed by atoms with E-state index in [4.69, 9.17) is 5.73 Å². The van der Waals surface area contributed by atoms with Gasteiger partial charge >= 0.3 is 0 Å². The molecule has 2 unspecified atom stereocenters. The third-order valence-corrected chi connectivity index (χ3v) is 4.19. The Hall–Kier alpha value is -0.0300. The first-order chi connectivity index (χ1) is 8.51. The van der Waals surface area contributed by atoms with Gasteiger partial charge in [-0.25, -0.2) is 0 Å². The summed E-state index contributed by atoms with van der Waals surface area (Å²) >= 11 is 0. The predicted octanol–water partition coefficient (Wildman–Crippen LogP) is 2.20. The van der Waals surface area contributed by atoms with Crippen molar-refractivity contribution in [2.75, 3.05) is 26.2 Å².